The highest BCUT2D eigenvalue weighted by Gasteiger charge is 2.42. The molecule has 1 aromatic rings. The van der Waals surface area contributed by atoms with Gasteiger partial charge in [0.25, 0.3) is 0 Å². The molecule has 0 N–H and O–H groups in total. The summed E-state index contributed by atoms with van der Waals surface area (Å²) in [4.78, 5) is 16.2. The summed E-state index contributed by atoms with van der Waals surface area (Å²) in [5.74, 6) is -1.60. The van der Waals surface area contributed by atoms with E-state index < -0.39 is 12.1 Å². The molecule has 1 aliphatic carbocycles. The summed E-state index contributed by atoms with van der Waals surface area (Å²) in [6, 6.07) is 1.74. The molecule has 0 amide bonds. The van der Waals surface area contributed by atoms with E-state index in [0.717, 1.165) is 5.56 Å². The molecule has 1 aromatic heterocycles. The second-order valence-electron chi connectivity index (χ2n) is 5.15. The van der Waals surface area contributed by atoms with Gasteiger partial charge in [-0.15, -0.1) is 0 Å². The third kappa shape index (κ3) is 3.14. The highest BCUT2D eigenvalue weighted by atomic mass is 19.4. The van der Waals surface area contributed by atoms with Crippen LogP contribution in [0.4, 0.5) is 13.2 Å². The fourth-order valence-corrected chi connectivity index (χ4v) is 2.62. The Kier molecular flexibility index (Phi) is 3.92. The smallest absolute Gasteiger partial charge is 0.294 e. The Morgan fingerprint density at radius 1 is 1.26 bits per heavy atom. The summed E-state index contributed by atoms with van der Waals surface area (Å²) in [5.41, 5.74) is 1.37. The van der Waals surface area contributed by atoms with Crippen LogP contribution in [0.3, 0.4) is 0 Å². The second kappa shape index (κ2) is 5.31. The molecule has 0 unspecified atom stereocenters. The fraction of sp³-hybridized carbons (Fsp3) is 0.571. The van der Waals surface area contributed by atoms with Crippen molar-refractivity contribution in [2.45, 2.75) is 38.8 Å². The third-order valence-corrected chi connectivity index (χ3v) is 3.87. The van der Waals surface area contributed by atoms with E-state index in [0.29, 0.717) is 18.4 Å². The van der Waals surface area contributed by atoms with Crippen LogP contribution in [-0.2, 0) is 0 Å². The summed E-state index contributed by atoms with van der Waals surface area (Å²) >= 11 is 0. The highest BCUT2D eigenvalue weighted by molar-refractivity contribution is 5.98. The molecule has 0 aromatic carbocycles. The monoisotopic (exact) mass is 271 g/mol. The van der Waals surface area contributed by atoms with Crippen LogP contribution >= 0.6 is 0 Å². The van der Waals surface area contributed by atoms with Gasteiger partial charge in [-0.25, -0.2) is 0 Å². The molecule has 5 heteroatoms. The van der Waals surface area contributed by atoms with E-state index in [1.807, 2.05) is 6.92 Å². The highest BCUT2D eigenvalue weighted by Crippen LogP contribution is 2.40. The molecule has 0 aliphatic heterocycles. The minimum absolute atomic E-state index is 0.0548. The van der Waals surface area contributed by atoms with E-state index in [4.69, 9.17) is 0 Å². The van der Waals surface area contributed by atoms with Crippen LogP contribution in [0.15, 0.2) is 18.5 Å². The SMILES string of the molecule is Cc1ccncc1C(=O)C1CCC(C(F)(F)F)CC1. The number of ketones is 1. The number of nitrogens with zero attached hydrogens (tertiary/aromatic N) is 1. The molecule has 0 saturated heterocycles. The molecular weight excluding hydrogens is 255 g/mol. The van der Waals surface area contributed by atoms with Gasteiger partial charge in [0.05, 0.1) is 5.92 Å². The van der Waals surface area contributed by atoms with Gasteiger partial charge in [-0.2, -0.15) is 13.2 Å². The fourth-order valence-electron chi connectivity index (χ4n) is 2.62. The first-order valence-corrected chi connectivity index (χ1v) is 6.41. The van der Waals surface area contributed by atoms with Gasteiger partial charge in [0.2, 0.25) is 0 Å². The molecule has 104 valence electrons. The Balaban J connectivity index is 2.03. The molecule has 19 heavy (non-hydrogen) atoms. The standard InChI is InChI=1S/C14H16F3NO/c1-9-6-7-18-8-12(9)13(19)10-2-4-11(5-3-10)14(15,16)17/h6-8,10-11H,2-5H2,1H3. The van der Waals surface area contributed by atoms with E-state index in [1.165, 1.54) is 6.20 Å². The van der Waals surface area contributed by atoms with Gasteiger partial charge in [0.1, 0.15) is 0 Å². The first kappa shape index (κ1) is 14.0. The quantitative estimate of drug-likeness (QED) is 0.762. The van der Waals surface area contributed by atoms with Gasteiger partial charge in [-0.1, -0.05) is 0 Å². The Bertz CT molecular complexity index is 462. The number of rotatable bonds is 2. The molecule has 1 saturated carbocycles. The van der Waals surface area contributed by atoms with Gasteiger partial charge in [-0.05, 0) is 44.2 Å². The van der Waals surface area contributed by atoms with Crippen LogP contribution in [-0.4, -0.2) is 16.9 Å². The lowest BCUT2D eigenvalue weighted by Crippen LogP contribution is -2.30. The Hall–Kier alpha value is -1.39. The first-order chi connectivity index (χ1) is 8.89. The van der Waals surface area contributed by atoms with E-state index in [2.05, 4.69) is 4.98 Å². The summed E-state index contributed by atoms with van der Waals surface area (Å²) < 4.78 is 37.7. The molecule has 1 aliphatic rings. The van der Waals surface area contributed by atoms with Gasteiger partial charge >= 0.3 is 6.18 Å². The summed E-state index contributed by atoms with van der Waals surface area (Å²) in [5, 5.41) is 0. The molecule has 2 nitrogen and oxygen atoms in total. The number of carbonyl (C=O) groups is 1. The van der Waals surface area contributed by atoms with Gasteiger partial charge in [0.15, 0.2) is 5.78 Å². The average Bonchev–Trinajstić information content (AvgIpc) is 2.38. The Morgan fingerprint density at radius 3 is 2.42 bits per heavy atom. The summed E-state index contributed by atoms with van der Waals surface area (Å²) in [7, 11) is 0. The zero-order chi connectivity index (χ0) is 14.0. The van der Waals surface area contributed by atoms with Crippen molar-refractivity contribution < 1.29 is 18.0 Å². The maximum Gasteiger partial charge on any atom is 0.391 e. The van der Waals surface area contributed by atoms with Crippen LogP contribution in [0, 0.1) is 18.8 Å². The van der Waals surface area contributed by atoms with Crippen molar-refractivity contribution in [3.8, 4) is 0 Å². The normalized spacial score (nSPS) is 24.2. The van der Waals surface area contributed by atoms with Crippen LogP contribution in [0.25, 0.3) is 0 Å². The van der Waals surface area contributed by atoms with Crippen molar-refractivity contribution in [3.63, 3.8) is 0 Å². The lowest BCUT2D eigenvalue weighted by atomic mass is 9.78. The average molecular weight is 271 g/mol. The van der Waals surface area contributed by atoms with Crippen molar-refractivity contribution in [3.05, 3.63) is 29.6 Å². The maximum absolute atomic E-state index is 12.6. The molecule has 1 heterocycles. The second-order valence-corrected chi connectivity index (χ2v) is 5.15. The lowest BCUT2D eigenvalue weighted by Gasteiger charge is -2.29. The third-order valence-electron chi connectivity index (χ3n) is 3.87. The van der Waals surface area contributed by atoms with E-state index in [-0.39, 0.29) is 24.5 Å². The molecule has 0 spiro atoms. The number of halogens is 3. The molecule has 1 fully saturated rings. The summed E-state index contributed by atoms with van der Waals surface area (Å²) in [6.45, 7) is 1.82. The molecule has 0 bridgehead atoms. The van der Waals surface area contributed by atoms with Gasteiger partial charge in [0, 0.05) is 23.9 Å². The van der Waals surface area contributed by atoms with Crippen molar-refractivity contribution in [1.82, 2.24) is 4.98 Å². The van der Waals surface area contributed by atoms with Crippen LogP contribution in [0.1, 0.15) is 41.6 Å². The van der Waals surface area contributed by atoms with E-state index in [9.17, 15) is 18.0 Å². The van der Waals surface area contributed by atoms with Crippen LogP contribution in [0.2, 0.25) is 0 Å². The zero-order valence-electron chi connectivity index (χ0n) is 10.7. The molecule has 0 atom stereocenters. The van der Waals surface area contributed by atoms with E-state index >= 15 is 0 Å². The number of hydrogen-bond acceptors (Lipinski definition) is 2. The zero-order valence-corrected chi connectivity index (χ0v) is 10.7. The van der Waals surface area contributed by atoms with Gasteiger partial charge in [-0.3, -0.25) is 9.78 Å². The Morgan fingerprint density at radius 2 is 1.89 bits per heavy atom. The van der Waals surface area contributed by atoms with E-state index in [1.54, 1.807) is 12.3 Å². The largest absolute Gasteiger partial charge is 0.391 e. The number of aromatic nitrogens is 1. The van der Waals surface area contributed by atoms with Crippen molar-refractivity contribution in [2.24, 2.45) is 11.8 Å². The van der Waals surface area contributed by atoms with Crippen LogP contribution < -0.4 is 0 Å². The number of alkyl halides is 3. The summed E-state index contributed by atoms with van der Waals surface area (Å²) in [6.07, 6.45) is -0.272. The molecule has 0 radical (unpaired) electrons. The number of pyridine rings is 1. The minimum Gasteiger partial charge on any atom is -0.294 e. The maximum atomic E-state index is 12.6. The predicted molar refractivity (Wildman–Crippen MR) is 64.8 cm³/mol. The van der Waals surface area contributed by atoms with Gasteiger partial charge < -0.3 is 0 Å². The Labute approximate surface area is 110 Å². The number of Topliss-reactive ketones (excluding diaryl/α,β-unsaturated/α-hetero) is 1. The molecule has 2 rings (SSSR count). The van der Waals surface area contributed by atoms with Crippen LogP contribution in [0.5, 0.6) is 0 Å². The lowest BCUT2D eigenvalue weighted by molar-refractivity contribution is -0.183. The number of carbonyl (C=O) groups excluding carboxylic acids is 1. The predicted octanol–water partition coefficient (Wildman–Crippen LogP) is 3.94. The first-order valence-electron chi connectivity index (χ1n) is 6.41. The van der Waals surface area contributed by atoms with Crippen molar-refractivity contribution in [2.75, 3.05) is 0 Å². The number of hydrogen-bond donors (Lipinski definition) is 0. The molecular formula is C14H16F3NO. The van der Waals surface area contributed by atoms with Crippen molar-refractivity contribution >= 4 is 5.78 Å². The van der Waals surface area contributed by atoms with Crippen molar-refractivity contribution in [1.29, 1.82) is 0 Å². The topological polar surface area (TPSA) is 30.0 Å². The number of aryl methyl sites for hydroxylation is 1. The minimum atomic E-state index is -4.13.